The van der Waals surface area contributed by atoms with E-state index in [1.807, 2.05) is 0 Å². The van der Waals surface area contributed by atoms with Gasteiger partial charge in [0.25, 0.3) is 5.91 Å². The number of rotatable bonds is 3. The molecule has 7 nitrogen and oxygen atoms in total. The van der Waals surface area contributed by atoms with E-state index in [1.54, 1.807) is 13.8 Å². The van der Waals surface area contributed by atoms with Crippen LogP contribution in [0, 0.1) is 19.7 Å². The number of amidine groups is 1. The number of nitrogens with zero attached hydrogens (tertiary/aromatic N) is 2. The number of hydrogen-bond donors (Lipinski definition) is 3. The van der Waals surface area contributed by atoms with Gasteiger partial charge in [0.05, 0.1) is 16.9 Å². The SMILES string of the molecule is Cc1nc(C)c(C(=O)Nc2cccc(F)c2/C(N)=N/O)o1. The van der Waals surface area contributed by atoms with Gasteiger partial charge in [-0.25, -0.2) is 9.37 Å². The number of aryl methyl sites for hydroxylation is 2. The van der Waals surface area contributed by atoms with Gasteiger partial charge in [-0.15, -0.1) is 0 Å². The van der Waals surface area contributed by atoms with Gasteiger partial charge in [-0.3, -0.25) is 4.79 Å². The van der Waals surface area contributed by atoms with Crippen LogP contribution in [-0.4, -0.2) is 21.9 Å². The molecule has 2 rings (SSSR count). The number of amides is 1. The first-order valence-electron chi connectivity index (χ1n) is 5.95. The Kier molecular flexibility index (Phi) is 3.88. The van der Waals surface area contributed by atoms with Gasteiger partial charge in [0, 0.05) is 6.92 Å². The molecule has 1 aromatic heterocycles. The highest BCUT2D eigenvalue weighted by Gasteiger charge is 2.20. The topological polar surface area (TPSA) is 114 Å². The Morgan fingerprint density at radius 3 is 2.76 bits per heavy atom. The Hall–Kier alpha value is -2.90. The van der Waals surface area contributed by atoms with Crippen LogP contribution >= 0.6 is 0 Å². The van der Waals surface area contributed by atoms with Crippen molar-refractivity contribution in [3.63, 3.8) is 0 Å². The fourth-order valence-electron chi connectivity index (χ4n) is 1.86. The maximum Gasteiger partial charge on any atom is 0.293 e. The van der Waals surface area contributed by atoms with Gasteiger partial charge < -0.3 is 20.7 Å². The van der Waals surface area contributed by atoms with Crippen molar-refractivity contribution in [2.45, 2.75) is 13.8 Å². The van der Waals surface area contributed by atoms with E-state index in [-0.39, 0.29) is 17.0 Å². The monoisotopic (exact) mass is 292 g/mol. The summed E-state index contributed by atoms with van der Waals surface area (Å²) in [7, 11) is 0. The number of benzene rings is 1. The molecule has 4 N–H and O–H groups in total. The van der Waals surface area contributed by atoms with Crippen molar-refractivity contribution in [1.82, 2.24) is 4.98 Å². The lowest BCUT2D eigenvalue weighted by Gasteiger charge is -2.10. The van der Waals surface area contributed by atoms with Gasteiger partial charge >= 0.3 is 0 Å². The van der Waals surface area contributed by atoms with Crippen LogP contribution in [0.15, 0.2) is 27.8 Å². The first-order valence-corrected chi connectivity index (χ1v) is 5.95. The number of hydrogen-bond acceptors (Lipinski definition) is 5. The molecule has 0 radical (unpaired) electrons. The summed E-state index contributed by atoms with van der Waals surface area (Å²) >= 11 is 0. The molecule has 0 bridgehead atoms. The van der Waals surface area contributed by atoms with Crippen molar-refractivity contribution < 1.29 is 18.8 Å². The van der Waals surface area contributed by atoms with E-state index in [4.69, 9.17) is 15.4 Å². The number of nitrogens with one attached hydrogen (secondary N) is 1. The molecule has 1 heterocycles. The van der Waals surface area contributed by atoms with Crippen molar-refractivity contribution in [2.75, 3.05) is 5.32 Å². The quantitative estimate of drug-likeness (QED) is 0.345. The van der Waals surface area contributed by atoms with E-state index < -0.39 is 17.6 Å². The second-order valence-corrected chi connectivity index (χ2v) is 4.25. The first kappa shape index (κ1) is 14.5. The summed E-state index contributed by atoms with van der Waals surface area (Å²) in [6, 6.07) is 3.94. The molecule has 0 aliphatic rings. The molecular weight excluding hydrogens is 279 g/mol. The van der Waals surface area contributed by atoms with Crippen LogP contribution in [0.2, 0.25) is 0 Å². The number of aromatic nitrogens is 1. The third-order valence-corrected chi connectivity index (χ3v) is 2.74. The number of oxime groups is 1. The average Bonchev–Trinajstić information content (AvgIpc) is 2.77. The van der Waals surface area contributed by atoms with E-state index in [0.29, 0.717) is 11.6 Å². The second-order valence-electron chi connectivity index (χ2n) is 4.25. The number of carbonyl (C=O) groups is 1. The lowest BCUT2D eigenvalue weighted by atomic mass is 10.1. The van der Waals surface area contributed by atoms with Gasteiger partial charge in [-0.2, -0.15) is 0 Å². The number of halogens is 1. The lowest BCUT2D eigenvalue weighted by molar-refractivity contribution is 0.0994. The molecule has 0 aliphatic heterocycles. The highest BCUT2D eigenvalue weighted by Crippen LogP contribution is 2.20. The van der Waals surface area contributed by atoms with E-state index in [0.717, 1.165) is 6.07 Å². The molecule has 1 aromatic carbocycles. The van der Waals surface area contributed by atoms with Gasteiger partial charge in [0.15, 0.2) is 11.7 Å². The Morgan fingerprint density at radius 2 is 2.19 bits per heavy atom. The zero-order chi connectivity index (χ0) is 15.6. The number of anilines is 1. The van der Waals surface area contributed by atoms with E-state index in [2.05, 4.69) is 15.5 Å². The molecule has 0 fully saturated rings. The number of oxazole rings is 1. The number of carbonyl (C=O) groups excluding carboxylic acids is 1. The Morgan fingerprint density at radius 1 is 1.48 bits per heavy atom. The van der Waals surface area contributed by atoms with Gasteiger partial charge in [-0.1, -0.05) is 11.2 Å². The average molecular weight is 292 g/mol. The Labute approximate surface area is 119 Å². The summed E-state index contributed by atoms with van der Waals surface area (Å²) in [5.41, 5.74) is 5.68. The molecule has 110 valence electrons. The van der Waals surface area contributed by atoms with Crippen molar-refractivity contribution in [3.05, 3.63) is 46.9 Å². The van der Waals surface area contributed by atoms with E-state index in [1.165, 1.54) is 12.1 Å². The van der Waals surface area contributed by atoms with Gasteiger partial charge in [0.2, 0.25) is 5.76 Å². The molecule has 2 aromatic rings. The van der Waals surface area contributed by atoms with E-state index >= 15 is 0 Å². The maximum absolute atomic E-state index is 13.8. The molecule has 1 amide bonds. The molecular formula is C13H13FN4O3. The fourth-order valence-corrected chi connectivity index (χ4v) is 1.86. The predicted octanol–water partition coefficient (Wildman–Crippen LogP) is 1.78. The van der Waals surface area contributed by atoms with E-state index in [9.17, 15) is 9.18 Å². The second kappa shape index (κ2) is 5.61. The van der Waals surface area contributed by atoms with Crippen LogP contribution < -0.4 is 11.1 Å². The largest absolute Gasteiger partial charge is 0.436 e. The lowest BCUT2D eigenvalue weighted by Crippen LogP contribution is -2.20. The minimum absolute atomic E-state index is 0.0159. The van der Waals surface area contributed by atoms with Crippen LogP contribution in [0.25, 0.3) is 0 Å². The molecule has 0 spiro atoms. The standard InChI is InChI=1S/C13H13FN4O3/c1-6-11(21-7(2)16-6)13(19)17-9-5-3-4-8(14)10(9)12(15)18-20/h3-5,20H,1-2H3,(H2,15,18)(H,17,19). The molecule has 0 aliphatic carbocycles. The van der Waals surface area contributed by atoms with Crippen LogP contribution in [0.1, 0.15) is 27.7 Å². The van der Waals surface area contributed by atoms with Crippen LogP contribution in [0.4, 0.5) is 10.1 Å². The predicted molar refractivity (Wildman–Crippen MR) is 72.8 cm³/mol. The summed E-state index contributed by atoms with van der Waals surface area (Å²) in [5, 5.41) is 13.9. The molecule has 21 heavy (non-hydrogen) atoms. The third-order valence-electron chi connectivity index (χ3n) is 2.74. The highest BCUT2D eigenvalue weighted by molar-refractivity contribution is 6.09. The fraction of sp³-hybridized carbons (Fsp3) is 0.154. The molecule has 0 saturated heterocycles. The maximum atomic E-state index is 13.8. The summed E-state index contributed by atoms with van der Waals surface area (Å²) in [5.74, 6) is -1.43. The summed E-state index contributed by atoms with van der Waals surface area (Å²) in [4.78, 5) is 16.1. The van der Waals surface area contributed by atoms with Gasteiger partial charge in [0.1, 0.15) is 5.82 Å². The molecule has 0 unspecified atom stereocenters. The summed E-state index contributed by atoms with van der Waals surface area (Å²) in [6.45, 7) is 3.22. The Bertz CT molecular complexity index is 724. The van der Waals surface area contributed by atoms with Crippen molar-refractivity contribution in [3.8, 4) is 0 Å². The minimum atomic E-state index is -0.728. The first-order chi connectivity index (χ1) is 9.93. The summed E-state index contributed by atoms with van der Waals surface area (Å²) < 4.78 is 18.9. The molecule has 0 saturated carbocycles. The highest BCUT2D eigenvalue weighted by atomic mass is 19.1. The van der Waals surface area contributed by atoms with Crippen LogP contribution in [0.3, 0.4) is 0 Å². The Balaban J connectivity index is 2.38. The molecule has 8 heteroatoms. The van der Waals surface area contributed by atoms with Crippen LogP contribution in [-0.2, 0) is 0 Å². The van der Waals surface area contributed by atoms with Crippen molar-refractivity contribution in [1.29, 1.82) is 0 Å². The minimum Gasteiger partial charge on any atom is -0.436 e. The zero-order valence-electron chi connectivity index (χ0n) is 11.3. The number of nitrogens with two attached hydrogens (primary N) is 1. The summed E-state index contributed by atoms with van der Waals surface area (Å²) in [6.07, 6.45) is 0. The van der Waals surface area contributed by atoms with Crippen molar-refractivity contribution >= 4 is 17.4 Å². The molecule has 0 atom stereocenters. The smallest absolute Gasteiger partial charge is 0.293 e. The zero-order valence-corrected chi connectivity index (χ0v) is 11.3. The van der Waals surface area contributed by atoms with Crippen molar-refractivity contribution in [2.24, 2.45) is 10.9 Å². The third kappa shape index (κ3) is 2.83. The van der Waals surface area contributed by atoms with Gasteiger partial charge in [-0.05, 0) is 19.1 Å². The normalized spacial score (nSPS) is 11.5. The van der Waals surface area contributed by atoms with Crippen LogP contribution in [0.5, 0.6) is 0 Å².